The van der Waals surface area contributed by atoms with Crippen LogP contribution in [0.5, 0.6) is 5.75 Å². The minimum Gasteiger partial charge on any atom is -0.497 e. The molecule has 0 saturated heterocycles. The molecule has 0 atom stereocenters. The Hall–Kier alpha value is -4.25. The summed E-state index contributed by atoms with van der Waals surface area (Å²) in [7, 11) is 1.67. The molecule has 0 amide bonds. The first-order valence-electron chi connectivity index (χ1n) is 9.99. The molecule has 5 rings (SSSR count). The van der Waals surface area contributed by atoms with Crippen molar-refractivity contribution in [3.05, 3.63) is 114 Å². The first kappa shape index (κ1) is 18.8. The number of hydrogen-bond acceptors (Lipinski definition) is 5. The molecule has 0 saturated carbocycles. The summed E-state index contributed by atoms with van der Waals surface area (Å²) in [6.07, 6.45) is 3.52. The number of hydrogen-bond donors (Lipinski definition) is 1. The first-order chi connectivity index (χ1) is 15.3. The third-order valence-corrected chi connectivity index (χ3v) is 5.18. The molecule has 0 radical (unpaired) electrons. The molecular weight excluding hydrogens is 384 g/mol. The number of nitrogens with zero attached hydrogens (tertiary/aromatic N) is 3. The molecule has 5 nitrogen and oxygen atoms in total. The molecule has 2 heterocycles. The van der Waals surface area contributed by atoms with Crippen molar-refractivity contribution in [1.29, 1.82) is 0 Å². The molecule has 1 N–H and O–H groups in total. The molecular formula is C26H20N4O. The number of pyridine rings is 1. The Labute approximate surface area is 180 Å². The molecule has 1 aliphatic heterocycles. The fourth-order valence-electron chi connectivity index (χ4n) is 3.54. The highest BCUT2D eigenvalue weighted by Gasteiger charge is 2.17. The lowest BCUT2D eigenvalue weighted by Crippen LogP contribution is -2.19. The average Bonchev–Trinajstić information content (AvgIpc) is 3.05. The van der Waals surface area contributed by atoms with Crippen LogP contribution in [0.25, 0.3) is 11.1 Å². The van der Waals surface area contributed by atoms with E-state index in [2.05, 4.69) is 46.8 Å². The lowest BCUT2D eigenvalue weighted by molar-refractivity contribution is 0.415. The normalized spacial score (nSPS) is 12.7. The molecule has 150 valence electrons. The standard InChI is InChI=1S/C26H20N4O/c1-31-22-14-12-19(13-15-22)18-8-10-20(11-9-18)25-23-6-2-3-7-24(23)28-26(30-29-25)21-5-4-16-27-17-21/h2-17H,1H3,(H,28,30). The second kappa shape index (κ2) is 8.24. The molecule has 0 spiro atoms. The molecule has 3 aromatic carbocycles. The Kier molecular flexibility index (Phi) is 4.99. The van der Waals surface area contributed by atoms with Crippen molar-refractivity contribution in [3.8, 4) is 16.9 Å². The van der Waals surface area contributed by atoms with E-state index in [0.29, 0.717) is 5.84 Å². The molecule has 0 bridgehead atoms. The van der Waals surface area contributed by atoms with Crippen LogP contribution in [0.1, 0.15) is 16.7 Å². The quantitative estimate of drug-likeness (QED) is 0.509. The topological polar surface area (TPSA) is 58.9 Å². The summed E-state index contributed by atoms with van der Waals surface area (Å²) < 4.78 is 5.25. The number of nitrogens with one attached hydrogen (secondary N) is 1. The summed E-state index contributed by atoms with van der Waals surface area (Å²) in [6, 6.07) is 28.3. The van der Waals surface area contributed by atoms with Crippen molar-refractivity contribution < 1.29 is 4.74 Å². The van der Waals surface area contributed by atoms with E-state index in [1.807, 2.05) is 48.5 Å². The second-order valence-electron chi connectivity index (χ2n) is 7.10. The molecule has 0 fully saturated rings. The number of para-hydroxylation sites is 1. The van der Waals surface area contributed by atoms with Crippen LogP contribution in [0, 0.1) is 0 Å². The molecule has 5 heteroatoms. The monoisotopic (exact) mass is 404 g/mol. The minimum atomic E-state index is 0.672. The summed E-state index contributed by atoms with van der Waals surface area (Å²) in [5, 5.41) is 4.71. The SMILES string of the molecule is COc1ccc(-c2ccc(C3=NNC(c4cccnc4)=Nc4ccccc43)cc2)cc1. The zero-order valence-electron chi connectivity index (χ0n) is 17.0. The van der Waals surface area contributed by atoms with E-state index in [1.165, 1.54) is 0 Å². The van der Waals surface area contributed by atoms with Crippen LogP contribution < -0.4 is 10.2 Å². The summed E-state index contributed by atoms with van der Waals surface area (Å²) in [5.74, 6) is 1.52. The fraction of sp³-hybridized carbons (Fsp3) is 0.0385. The number of benzene rings is 3. The molecule has 4 aromatic rings. The lowest BCUT2D eigenvalue weighted by Gasteiger charge is -2.09. The maximum absolute atomic E-state index is 5.25. The predicted molar refractivity (Wildman–Crippen MR) is 124 cm³/mol. The van der Waals surface area contributed by atoms with E-state index in [-0.39, 0.29) is 0 Å². The fourth-order valence-corrected chi connectivity index (χ4v) is 3.54. The van der Waals surface area contributed by atoms with E-state index in [9.17, 15) is 0 Å². The van der Waals surface area contributed by atoms with Gasteiger partial charge in [0.1, 0.15) is 5.75 Å². The molecule has 1 aromatic heterocycles. The smallest absolute Gasteiger partial charge is 0.155 e. The van der Waals surface area contributed by atoms with Gasteiger partial charge in [-0.3, -0.25) is 10.4 Å². The van der Waals surface area contributed by atoms with E-state index in [0.717, 1.165) is 45.0 Å². The number of aliphatic imine (C=N–C) groups is 1. The summed E-state index contributed by atoms with van der Waals surface area (Å²) in [4.78, 5) is 9.00. The van der Waals surface area contributed by atoms with E-state index in [4.69, 9.17) is 14.8 Å². The number of fused-ring (bicyclic) bond motifs is 1. The maximum atomic E-state index is 5.25. The summed E-state index contributed by atoms with van der Waals surface area (Å²) >= 11 is 0. The van der Waals surface area contributed by atoms with Gasteiger partial charge in [-0.05, 0) is 41.5 Å². The van der Waals surface area contributed by atoms with Gasteiger partial charge in [-0.1, -0.05) is 54.6 Å². The lowest BCUT2D eigenvalue weighted by atomic mass is 9.98. The van der Waals surface area contributed by atoms with E-state index < -0.39 is 0 Å². The van der Waals surface area contributed by atoms with Crippen LogP contribution >= 0.6 is 0 Å². The third kappa shape index (κ3) is 3.81. The summed E-state index contributed by atoms with van der Waals surface area (Å²) in [6.45, 7) is 0. The zero-order chi connectivity index (χ0) is 21.0. The number of ether oxygens (including phenoxy) is 1. The zero-order valence-corrected chi connectivity index (χ0v) is 17.0. The van der Waals surface area contributed by atoms with Crippen LogP contribution in [0.3, 0.4) is 0 Å². The Bertz CT molecular complexity index is 1260. The average molecular weight is 404 g/mol. The van der Waals surface area contributed by atoms with E-state index in [1.54, 1.807) is 19.5 Å². The van der Waals surface area contributed by atoms with Gasteiger partial charge < -0.3 is 4.74 Å². The maximum Gasteiger partial charge on any atom is 0.155 e. The number of hydrazone groups is 1. The Morgan fingerprint density at radius 3 is 2.13 bits per heavy atom. The van der Waals surface area contributed by atoms with Crippen LogP contribution in [-0.4, -0.2) is 23.6 Å². The van der Waals surface area contributed by atoms with Crippen molar-refractivity contribution >= 4 is 17.2 Å². The second-order valence-corrected chi connectivity index (χ2v) is 7.10. The molecule has 0 aliphatic carbocycles. The van der Waals surface area contributed by atoms with Gasteiger partial charge in [-0.15, -0.1) is 0 Å². The molecule has 0 unspecified atom stereocenters. The van der Waals surface area contributed by atoms with Gasteiger partial charge in [0.2, 0.25) is 0 Å². The Morgan fingerprint density at radius 2 is 1.42 bits per heavy atom. The van der Waals surface area contributed by atoms with Crippen molar-refractivity contribution in [2.75, 3.05) is 7.11 Å². The van der Waals surface area contributed by atoms with Crippen molar-refractivity contribution in [3.63, 3.8) is 0 Å². The van der Waals surface area contributed by atoms with Crippen molar-refractivity contribution in [2.24, 2.45) is 10.1 Å². The molecule has 31 heavy (non-hydrogen) atoms. The number of aromatic nitrogens is 1. The van der Waals surface area contributed by atoms with Crippen LogP contribution in [0.15, 0.2) is 107 Å². The van der Waals surface area contributed by atoms with Crippen LogP contribution in [0.2, 0.25) is 0 Å². The van der Waals surface area contributed by atoms with Gasteiger partial charge in [0.25, 0.3) is 0 Å². The predicted octanol–water partition coefficient (Wildman–Crippen LogP) is 5.19. The van der Waals surface area contributed by atoms with Gasteiger partial charge in [0, 0.05) is 29.1 Å². The Morgan fingerprint density at radius 1 is 0.710 bits per heavy atom. The number of amidine groups is 1. The third-order valence-electron chi connectivity index (χ3n) is 5.18. The van der Waals surface area contributed by atoms with E-state index >= 15 is 0 Å². The highest BCUT2D eigenvalue weighted by atomic mass is 16.5. The minimum absolute atomic E-state index is 0.672. The Balaban J connectivity index is 1.51. The highest BCUT2D eigenvalue weighted by Crippen LogP contribution is 2.27. The van der Waals surface area contributed by atoms with Gasteiger partial charge in [0.15, 0.2) is 5.84 Å². The van der Waals surface area contributed by atoms with Crippen LogP contribution in [-0.2, 0) is 0 Å². The van der Waals surface area contributed by atoms with Gasteiger partial charge in [0.05, 0.1) is 18.5 Å². The van der Waals surface area contributed by atoms with Crippen molar-refractivity contribution in [2.45, 2.75) is 0 Å². The van der Waals surface area contributed by atoms with Crippen molar-refractivity contribution in [1.82, 2.24) is 10.4 Å². The molecule has 1 aliphatic rings. The number of methoxy groups -OCH3 is 1. The first-order valence-corrected chi connectivity index (χ1v) is 9.99. The largest absolute Gasteiger partial charge is 0.497 e. The summed E-state index contributed by atoms with van der Waals surface area (Å²) in [5.41, 5.74) is 9.99. The van der Waals surface area contributed by atoms with Gasteiger partial charge >= 0.3 is 0 Å². The van der Waals surface area contributed by atoms with Crippen LogP contribution in [0.4, 0.5) is 5.69 Å². The van der Waals surface area contributed by atoms with Gasteiger partial charge in [-0.25, -0.2) is 4.99 Å². The number of rotatable bonds is 4. The van der Waals surface area contributed by atoms with Gasteiger partial charge in [-0.2, -0.15) is 5.10 Å². The highest BCUT2D eigenvalue weighted by molar-refractivity contribution is 6.18.